The zero-order valence-corrected chi connectivity index (χ0v) is 13.4. The second kappa shape index (κ2) is 8.32. The number of nitrogens with one attached hydrogen (secondary N) is 1. The second-order valence-corrected chi connectivity index (χ2v) is 5.65. The Labute approximate surface area is 136 Å². The van der Waals surface area contributed by atoms with Crippen molar-refractivity contribution in [2.24, 2.45) is 0 Å². The first kappa shape index (κ1) is 17.0. The molecular weight excluding hydrogens is 292 g/mol. The Balaban J connectivity index is 1.67. The molecule has 0 unspecified atom stereocenters. The summed E-state index contributed by atoms with van der Waals surface area (Å²) in [5, 5.41) is 26.2. The molecule has 0 saturated carbocycles. The van der Waals surface area contributed by atoms with E-state index in [1.807, 2.05) is 30.9 Å². The van der Waals surface area contributed by atoms with Crippen molar-refractivity contribution in [1.29, 1.82) is 5.26 Å². The average molecular weight is 314 g/mol. The first-order chi connectivity index (χ1) is 11.1. The Morgan fingerprint density at radius 1 is 1.39 bits per heavy atom. The number of nitrogens with zero attached hydrogens (tertiary/aromatic N) is 3. The van der Waals surface area contributed by atoms with E-state index in [0.717, 1.165) is 12.1 Å². The molecule has 2 rings (SSSR count). The van der Waals surface area contributed by atoms with Crippen LogP contribution in [0.15, 0.2) is 36.7 Å². The van der Waals surface area contributed by atoms with Gasteiger partial charge in [-0.25, -0.2) is 0 Å². The van der Waals surface area contributed by atoms with Gasteiger partial charge < -0.3 is 15.2 Å². The highest BCUT2D eigenvalue weighted by Gasteiger charge is 2.09. The van der Waals surface area contributed by atoms with Crippen LogP contribution in [0.3, 0.4) is 0 Å². The zero-order chi connectivity index (χ0) is 16.7. The summed E-state index contributed by atoms with van der Waals surface area (Å²) in [4.78, 5) is 0. The van der Waals surface area contributed by atoms with Crippen molar-refractivity contribution in [3.05, 3.63) is 47.8 Å². The summed E-state index contributed by atoms with van der Waals surface area (Å²) < 4.78 is 7.39. The molecule has 6 heteroatoms. The summed E-state index contributed by atoms with van der Waals surface area (Å²) in [5.74, 6) is 0.642. The minimum atomic E-state index is -0.604. The zero-order valence-electron chi connectivity index (χ0n) is 13.4. The molecule has 0 bridgehead atoms. The molecule has 2 atom stereocenters. The third-order valence-corrected chi connectivity index (χ3v) is 3.35. The maximum absolute atomic E-state index is 9.97. The highest BCUT2D eigenvalue weighted by molar-refractivity contribution is 5.34. The lowest BCUT2D eigenvalue weighted by atomic mass is 10.2. The molecule has 0 aliphatic rings. The van der Waals surface area contributed by atoms with E-state index in [-0.39, 0.29) is 12.6 Å². The first-order valence-corrected chi connectivity index (χ1v) is 7.60. The van der Waals surface area contributed by atoms with Crippen molar-refractivity contribution >= 4 is 0 Å². The summed E-state index contributed by atoms with van der Waals surface area (Å²) in [6, 6.07) is 9.07. The van der Waals surface area contributed by atoms with Crippen molar-refractivity contribution in [3.63, 3.8) is 0 Å². The van der Waals surface area contributed by atoms with Gasteiger partial charge in [-0.1, -0.05) is 0 Å². The number of nitriles is 1. The third-order valence-electron chi connectivity index (χ3n) is 3.35. The van der Waals surface area contributed by atoms with E-state index in [9.17, 15) is 5.11 Å². The number of rotatable bonds is 8. The fourth-order valence-electron chi connectivity index (χ4n) is 2.13. The Kier molecular flexibility index (Phi) is 6.15. The van der Waals surface area contributed by atoms with Crippen LogP contribution in [0.2, 0.25) is 0 Å². The molecule has 0 saturated heterocycles. The van der Waals surface area contributed by atoms with Gasteiger partial charge in [-0.2, -0.15) is 10.4 Å². The predicted molar refractivity (Wildman–Crippen MR) is 87.1 cm³/mol. The van der Waals surface area contributed by atoms with E-state index < -0.39 is 6.10 Å². The Morgan fingerprint density at radius 3 is 2.74 bits per heavy atom. The second-order valence-electron chi connectivity index (χ2n) is 5.65. The van der Waals surface area contributed by atoms with Crippen LogP contribution in [0.1, 0.15) is 18.1 Å². The number of ether oxygens (including phenoxy) is 1. The minimum absolute atomic E-state index is 0.193. The lowest BCUT2D eigenvalue weighted by molar-refractivity contribution is 0.103. The molecule has 0 amide bonds. The van der Waals surface area contributed by atoms with Crippen LogP contribution < -0.4 is 10.1 Å². The number of aromatic nitrogens is 2. The quantitative estimate of drug-likeness (QED) is 0.771. The van der Waals surface area contributed by atoms with Gasteiger partial charge in [-0.3, -0.25) is 4.68 Å². The lowest BCUT2D eigenvalue weighted by Crippen LogP contribution is -2.38. The summed E-state index contributed by atoms with van der Waals surface area (Å²) >= 11 is 0. The normalized spacial score (nSPS) is 13.3. The SMILES string of the molecule is Cc1cnn(C[C@H](C)NC[C@@H](O)COc2ccc(C#N)cc2)c1. The summed E-state index contributed by atoms with van der Waals surface area (Å²) in [7, 11) is 0. The number of aliphatic hydroxyl groups excluding tert-OH is 1. The van der Waals surface area contributed by atoms with Crippen LogP contribution in [-0.2, 0) is 6.54 Å². The third kappa shape index (κ3) is 5.74. The van der Waals surface area contributed by atoms with E-state index in [2.05, 4.69) is 16.5 Å². The van der Waals surface area contributed by atoms with Gasteiger partial charge in [0, 0.05) is 18.8 Å². The highest BCUT2D eigenvalue weighted by Crippen LogP contribution is 2.11. The minimum Gasteiger partial charge on any atom is -0.491 e. The van der Waals surface area contributed by atoms with Crippen molar-refractivity contribution in [3.8, 4) is 11.8 Å². The standard InChI is InChI=1S/C17H22N4O2/c1-13-8-20-21(10-13)11-14(2)19-9-16(22)12-23-17-5-3-15(7-18)4-6-17/h3-6,8,10,14,16,19,22H,9,11-12H2,1-2H3/t14-,16+/m0/s1. The van der Waals surface area contributed by atoms with Gasteiger partial charge in [0.15, 0.2) is 0 Å². The number of aryl methyl sites for hydroxylation is 1. The summed E-state index contributed by atoms with van der Waals surface area (Å²) in [6.07, 6.45) is 3.21. The molecule has 23 heavy (non-hydrogen) atoms. The average Bonchev–Trinajstić information content (AvgIpc) is 2.96. The van der Waals surface area contributed by atoms with E-state index in [1.165, 1.54) is 0 Å². The van der Waals surface area contributed by atoms with Gasteiger partial charge in [0.1, 0.15) is 18.5 Å². The van der Waals surface area contributed by atoms with Crippen LogP contribution in [0.4, 0.5) is 0 Å². The molecule has 122 valence electrons. The largest absolute Gasteiger partial charge is 0.491 e. The Morgan fingerprint density at radius 2 is 2.13 bits per heavy atom. The van der Waals surface area contributed by atoms with Crippen LogP contribution in [0.5, 0.6) is 5.75 Å². The molecule has 2 N–H and O–H groups in total. The molecule has 1 heterocycles. The van der Waals surface area contributed by atoms with Crippen LogP contribution in [0.25, 0.3) is 0 Å². The van der Waals surface area contributed by atoms with Crippen molar-refractivity contribution < 1.29 is 9.84 Å². The summed E-state index contributed by atoms with van der Waals surface area (Å²) in [5.41, 5.74) is 1.72. The van der Waals surface area contributed by atoms with E-state index in [0.29, 0.717) is 17.9 Å². The Bertz CT molecular complexity index is 645. The van der Waals surface area contributed by atoms with E-state index in [1.54, 1.807) is 24.3 Å². The topological polar surface area (TPSA) is 83.1 Å². The van der Waals surface area contributed by atoms with Crippen LogP contribution in [0, 0.1) is 18.3 Å². The number of hydrogen-bond donors (Lipinski definition) is 2. The molecule has 1 aromatic heterocycles. The monoisotopic (exact) mass is 314 g/mol. The number of hydrogen-bond acceptors (Lipinski definition) is 5. The van der Waals surface area contributed by atoms with Gasteiger partial charge in [-0.05, 0) is 43.7 Å². The van der Waals surface area contributed by atoms with E-state index in [4.69, 9.17) is 10.00 Å². The van der Waals surface area contributed by atoms with Crippen molar-refractivity contribution in [2.75, 3.05) is 13.2 Å². The van der Waals surface area contributed by atoms with Gasteiger partial charge >= 0.3 is 0 Å². The predicted octanol–water partition coefficient (Wildman–Crippen LogP) is 1.48. The van der Waals surface area contributed by atoms with E-state index >= 15 is 0 Å². The first-order valence-electron chi connectivity index (χ1n) is 7.60. The molecule has 0 aliphatic heterocycles. The van der Waals surface area contributed by atoms with Crippen molar-refractivity contribution in [2.45, 2.75) is 32.5 Å². The van der Waals surface area contributed by atoms with Gasteiger partial charge in [0.05, 0.1) is 24.4 Å². The molecule has 0 aliphatic carbocycles. The fourth-order valence-corrected chi connectivity index (χ4v) is 2.13. The maximum atomic E-state index is 9.97. The number of benzene rings is 1. The van der Waals surface area contributed by atoms with Gasteiger partial charge in [0.2, 0.25) is 0 Å². The van der Waals surface area contributed by atoms with Crippen LogP contribution in [-0.4, -0.2) is 40.2 Å². The number of aliphatic hydroxyl groups is 1. The lowest BCUT2D eigenvalue weighted by Gasteiger charge is -2.17. The highest BCUT2D eigenvalue weighted by atomic mass is 16.5. The van der Waals surface area contributed by atoms with Crippen LogP contribution >= 0.6 is 0 Å². The maximum Gasteiger partial charge on any atom is 0.119 e. The molecule has 0 radical (unpaired) electrons. The molecule has 0 spiro atoms. The summed E-state index contributed by atoms with van der Waals surface area (Å²) in [6.45, 7) is 5.44. The smallest absolute Gasteiger partial charge is 0.119 e. The Hall–Kier alpha value is -2.36. The molecular formula is C17H22N4O2. The molecule has 0 fully saturated rings. The molecule has 6 nitrogen and oxygen atoms in total. The van der Waals surface area contributed by atoms with Gasteiger partial charge in [-0.15, -0.1) is 0 Å². The molecule has 1 aromatic carbocycles. The fraction of sp³-hybridized carbons (Fsp3) is 0.412. The molecule has 2 aromatic rings. The van der Waals surface area contributed by atoms with Crippen molar-refractivity contribution in [1.82, 2.24) is 15.1 Å². The van der Waals surface area contributed by atoms with Gasteiger partial charge in [0.25, 0.3) is 0 Å².